The number of anilines is 1. The number of hydrogen-bond acceptors (Lipinski definition) is 1. The van der Waals surface area contributed by atoms with E-state index in [1.165, 1.54) is 0 Å². The van der Waals surface area contributed by atoms with Gasteiger partial charge in [-0.3, -0.25) is 0 Å². The molecule has 0 aromatic heterocycles. The number of rotatable bonds is 4. The Bertz CT molecular complexity index is 419. The molecule has 0 atom stereocenters. The molecule has 2 N–H and O–H groups in total. The molecule has 0 heterocycles. The predicted molar refractivity (Wildman–Crippen MR) is 81.6 cm³/mol. The van der Waals surface area contributed by atoms with Gasteiger partial charge in [0.1, 0.15) is 0 Å². The number of carbonyl (C=O) groups is 1. The summed E-state index contributed by atoms with van der Waals surface area (Å²) in [5.74, 6) is 0.599. The Morgan fingerprint density at radius 1 is 1.21 bits per heavy atom. The number of nitrogens with one attached hydrogen (secondary N) is 2. The van der Waals surface area contributed by atoms with Crippen molar-refractivity contribution in [1.29, 1.82) is 0 Å². The Hall–Kier alpha value is -1.51. The van der Waals surface area contributed by atoms with Crippen LogP contribution in [0.1, 0.15) is 46.6 Å². The van der Waals surface area contributed by atoms with Gasteiger partial charge in [0.2, 0.25) is 0 Å². The van der Waals surface area contributed by atoms with Crippen molar-refractivity contribution in [2.24, 2.45) is 5.92 Å². The van der Waals surface area contributed by atoms with E-state index in [4.69, 9.17) is 0 Å². The monoisotopic (exact) mass is 262 g/mol. The topological polar surface area (TPSA) is 41.1 Å². The summed E-state index contributed by atoms with van der Waals surface area (Å²) in [4.78, 5) is 11.9. The summed E-state index contributed by atoms with van der Waals surface area (Å²) in [6, 6.07) is 7.82. The molecule has 0 aliphatic rings. The summed E-state index contributed by atoms with van der Waals surface area (Å²) in [7, 11) is 0. The van der Waals surface area contributed by atoms with Crippen LogP contribution in [0.4, 0.5) is 10.5 Å². The SMILES string of the molecule is CC(C)CCNC(=O)Nc1ccccc1C(C)(C)C. The second-order valence-corrected chi connectivity index (χ2v) is 6.36. The molecule has 1 rings (SSSR count). The van der Waals surface area contributed by atoms with Crippen LogP contribution in [0.15, 0.2) is 24.3 Å². The van der Waals surface area contributed by atoms with E-state index in [9.17, 15) is 4.79 Å². The molecule has 0 aliphatic carbocycles. The third kappa shape index (κ3) is 5.33. The molecule has 0 saturated carbocycles. The van der Waals surface area contributed by atoms with Gasteiger partial charge in [0.05, 0.1) is 0 Å². The first-order chi connectivity index (χ1) is 8.80. The van der Waals surface area contributed by atoms with Crippen LogP contribution < -0.4 is 10.6 Å². The maximum absolute atomic E-state index is 11.9. The predicted octanol–water partition coefficient (Wildman–Crippen LogP) is 4.15. The van der Waals surface area contributed by atoms with Crippen LogP contribution in [0, 0.1) is 5.92 Å². The van der Waals surface area contributed by atoms with Crippen LogP contribution in [-0.4, -0.2) is 12.6 Å². The molecule has 19 heavy (non-hydrogen) atoms. The maximum atomic E-state index is 11.9. The Labute approximate surface area is 116 Å². The number of para-hydroxylation sites is 1. The molecular weight excluding hydrogens is 236 g/mol. The van der Waals surface area contributed by atoms with Crippen molar-refractivity contribution in [2.45, 2.75) is 46.5 Å². The minimum absolute atomic E-state index is 0.0157. The van der Waals surface area contributed by atoms with Crippen molar-refractivity contribution in [1.82, 2.24) is 5.32 Å². The number of urea groups is 1. The summed E-state index contributed by atoms with van der Waals surface area (Å²) in [5.41, 5.74) is 2.05. The first-order valence-corrected chi connectivity index (χ1v) is 6.95. The van der Waals surface area contributed by atoms with E-state index < -0.39 is 0 Å². The van der Waals surface area contributed by atoms with Gasteiger partial charge in [0, 0.05) is 12.2 Å². The zero-order chi connectivity index (χ0) is 14.5. The molecule has 2 amide bonds. The van der Waals surface area contributed by atoms with Crippen molar-refractivity contribution in [3.05, 3.63) is 29.8 Å². The van der Waals surface area contributed by atoms with Gasteiger partial charge in [0.15, 0.2) is 0 Å². The van der Waals surface area contributed by atoms with Gasteiger partial charge in [0.25, 0.3) is 0 Å². The number of amides is 2. The fourth-order valence-electron chi connectivity index (χ4n) is 1.89. The fourth-order valence-corrected chi connectivity index (χ4v) is 1.89. The quantitative estimate of drug-likeness (QED) is 0.840. The largest absolute Gasteiger partial charge is 0.338 e. The van der Waals surface area contributed by atoms with Gasteiger partial charge >= 0.3 is 6.03 Å². The van der Waals surface area contributed by atoms with E-state index in [0.717, 1.165) is 17.7 Å². The van der Waals surface area contributed by atoms with E-state index in [1.807, 2.05) is 18.2 Å². The maximum Gasteiger partial charge on any atom is 0.319 e. The molecule has 0 aliphatic heterocycles. The molecule has 0 saturated heterocycles. The van der Waals surface area contributed by atoms with E-state index in [0.29, 0.717) is 12.5 Å². The van der Waals surface area contributed by atoms with Crippen LogP contribution >= 0.6 is 0 Å². The van der Waals surface area contributed by atoms with Gasteiger partial charge < -0.3 is 10.6 Å². The fraction of sp³-hybridized carbons (Fsp3) is 0.562. The Balaban J connectivity index is 2.64. The van der Waals surface area contributed by atoms with Crippen molar-refractivity contribution < 1.29 is 4.79 Å². The van der Waals surface area contributed by atoms with Crippen LogP contribution in [0.5, 0.6) is 0 Å². The highest BCUT2D eigenvalue weighted by atomic mass is 16.2. The molecule has 1 aromatic rings. The van der Waals surface area contributed by atoms with Gasteiger partial charge in [-0.15, -0.1) is 0 Å². The van der Waals surface area contributed by atoms with Crippen LogP contribution in [0.25, 0.3) is 0 Å². The Morgan fingerprint density at radius 2 is 1.84 bits per heavy atom. The second-order valence-electron chi connectivity index (χ2n) is 6.36. The molecular formula is C16H26N2O. The van der Waals surface area contributed by atoms with Crippen LogP contribution in [-0.2, 0) is 5.41 Å². The van der Waals surface area contributed by atoms with Crippen molar-refractivity contribution in [2.75, 3.05) is 11.9 Å². The summed E-state index contributed by atoms with van der Waals surface area (Å²) < 4.78 is 0. The molecule has 0 fully saturated rings. The molecule has 3 nitrogen and oxygen atoms in total. The van der Waals surface area contributed by atoms with Crippen LogP contribution in [0.2, 0.25) is 0 Å². The highest BCUT2D eigenvalue weighted by Crippen LogP contribution is 2.29. The van der Waals surface area contributed by atoms with Gasteiger partial charge in [-0.1, -0.05) is 52.8 Å². The summed E-state index contributed by atoms with van der Waals surface area (Å²) in [5, 5.41) is 5.83. The zero-order valence-electron chi connectivity index (χ0n) is 12.7. The average molecular weight is 262 g/mol. The lowest BCUT2D eigenvalue weighted by Gasteiger charge is -2.23. The molecule has 3 heteroatoms. The van der Waals surface area contributed by atoms with E-state index in [1.54, 1.807) is 0 Å². The zero-order valence-corrected chi connectivity index (χ0v) is 12.7. The molecule has 0 unspecified atom stereocenters. The molecule has 0 radical (unpaired) electrons. The van der Waals surface area contributed by atoms with Crippen LogP contribution in [0.3, 0.4) is 0 Å². The molecule has 106 valence electrons. The lowest BCUT2D eigenvalue weighted by atomic mass is 9.86. The van der Waals surface area contributed by atoms with E-state index in [-0.39, 0.29) is 11.4 Å². The second kappa shape index (κ2) is 6.60. The number of hydrogen-bond donors (Lipinski definition) is 2. The number of carbonyl (C=O) groups excluding carboxylic acids is 1. The number of benzene rings is 1. The molecule has 0 bridgehead atoms. The lowest BCUT2D eigenvalue weighted by molar-refractivity contribution is 0.251. The summed E-state index contributed by atoms with van der Waals surface area (Å²) >= 11 is 0. The first kappa shape index (κ1) is 15.5. The third-order valence-electron chi connectivity index (χ3n) is 2.99. The summed E-state index contributed by atoms with van der Waals surface area (Å²) in [6.45, 7) is 11.4. The van der Waals surface area contributed by atoms with Gasteiger partial charge in [-0.25, -0.2) is 4.79 Å². The standard InChI is InChI=1S/C16H26N2O/c1-12(2)10-11-17-15(19)18-14-9-7-6-8-13(14)16(3,4)5/h6-9,12H,10-11H2,1-5H3,(H2,17,18,19). The molecule has 0 spiro atoms. The normalized spacial score (nSPS) is 11.5. The van der Waals surface area contributed by atoms with Gasteiger partial charge in [-0.2, -0.15) is 0 Å². The van der Waals surface area contributed by atoms with Crippen molar-refractivity contribution >= 4 is 11.7 Å². The minimum Gasteiger partial charge on any atom is -0.338 e. The van der Waals surface area contributed by atoms with E-state index in [2.05, 4.69) is 51.3 Å². The minimum atomic E-state index is -0.127. The lowest BCUT2D eigenvalue weighted by Crippen LogP contribution is -2.31. The van der Waals surface area contributed by atoms with Crippen molar-refractivity contribution in [3.63, 3.8) is 0 Å². The third-order valence-corrected chi connectivity index (χ3v) is 2.99. The summed E-state index contributed by atoms with van der Waals surface area (Å²) in [6.07, 6.45) is 0.994. The Morgan fingerprint density at radius 3 is 2.42 bits per heavy atom. The van der Waals surface area contributed by atoms with E-state index >= 15 is 0 Å². The average Bonchev–Trinajstić information content (AvgIpc) is 2.27. The first-order valence-electron chi connectivity index (χ1n) is 6.95. The molecule has 1 aromatic carbocycles. The Kier molecular flexibility index (Phi) is 5.40. The smallest absolute Gasteiger partial charge is 0.319 e. The van der Waals surface area contributed by atoms with Crippen molar-refractivity contribution in [3.8, 4) is 0 Å². The highest BCUT2D eigenvalue weighted by Gasteiger charge is 2.18. The van der Waals surface area contributed by atoms with Gasteiger partial charge in [-0.05, 0) is 29.4 Å². The highest BCUT2D eigenvalue weighted by molar-refractivity contribution is 5.90.